The predicted octanol–water partition coefficient (Wildman–Crippen LogP) is 2.29. The molecular formula is C24H30N4O5. The van der Waals surface area contributed by atoms with Crippen LogP contribution in [0.5, 0.6) is 5.75 Å². The number of aromatic carboxylic acids is 1. The lowest BCUT2D eigenvalue weighted by molar-refractivity contribution is -0.122. The number of hydrogen-bond acceptors (Lipinski definition) is 6. The molecule has 1 aliphatic heterocycles. The van der Waals surface area contributed by atoms with Crippen LogP contribution in [0, 0.1) is 0 Å². The highest BCUT2D eigenvalue weighted by molar-refractivity contribution is 6.09. The molecule has 0 saturated carbocycles. The van der Waals surface area contributed by atoms with Crippen LogP contribution in [0.2, 0.25) is 0 Å². The van der Waals surface area contributed by atoms with Gasteiger partial charge in [-0.05, 0) is 44.2 Å². The van der Waals surface area contributed by atoms with Crippen LogP contribution in [-0.4, -0.2) is 73.7 Å². The Morgan fingerprint density at radius 1 is 1.03 bits per heavy atom. The summed E-state index contributed by atoms with van der Waals surface area (Å²) in [6.45, 7) is 6.93. The number of carbonyl (C=O) groups is 3. The number of piperazine rings is 1. The molecule has 1 fully saturated rings. The molecule has 0 unspecified atom stereocenters. The van der Waals surface area contributed by atoms with Crippen LogP contribution in [0.3, 0.4) is 0 Å². The maximum Gasteiger partial charge on any atom is 0.337 e. The molecule has 1 heterocycles. The summed E-state index contributed by atoms with van der Waals surface area (Å²) in [5.74, 6) is -1.17. The zero-order chi connectivity index (χ0) is 24.0. The predicted molar refractivity (Wildman–Crippen MR) is 126 cm³/mol. The van der Waals surface area contributed by atoms with Gasteiger partial charge in [0.05, 0.1) is 30.5 Å². The summed E-state index contributed by atoms with van der Waals surface area (Å²) in [5.41, 5.74) is 1.30. The number of rotatable bonds is 8. The first-order chi connectivity index (χ1) is 15.8. The van der Waals surface area contributed by atoms with Crippen molar-refractivity contribution in [3.05, 3.63) is 53.6 Å². The molecule has 1 aliphatic rings. The second-order valence-corrected chi connectivity index (χ2v) is 8.17. The minimum Gasteiger partial charge on any atom is -0.496 e. The van der Waals surface area contributed by atoms with E-state index in [-0.39, 0.29) is 23.2 Å². The summed E-state index contributed by atoms with van der Waals surface area (Å²) < 4.78 is 5.22. The van der Waals surface area contributed by atoms with Gasteiger partial charge in [0.15, 0.2) is 0 Å². The molecule has 0 aliphatic carbocycles. The van der Waals surface area contributed by atoms with Crippen molar-refractivity contribution < 1.29 is 24.2 Å². The molecule has 1 saturated heterocycles. The fourth-order valence-electron chi connectivity index (χ4n) is 3.77. The van der Waals surface area contributed by atoms with Crippen molar-refractivity contribution in [2.24, 2.45) is 0 Å². The summed E-state index contributed by atoms with van der Waals surface area (Å²) in [5, 5.41) is 15.3. The van der Waals surface area contributed by atoms with Crippen molar-refractivity contribution in [1.82, 2.24) is 10.2 Å². The van der Waals surface area contributed by atoms with Crippen LogP contribution < -0.4 is 20.3 Å². The second-order valence-electron chi connectivity index (χ2n) is 8.17. The summed E-state index contributed by atoms with van der Waals surface area (Å²) in [6.07, 6.45) is 0. The Balaban J connectivity index is 1.69. The summed E-state index contributed by atoms with van der Waals surface area (Å²) in [4.78, 5) is 40.8. The normalized spacial score (nSPS) is 14.1. The summed E-state index contributed by atoms with van der Waals surface area (Å²) in [6, 6.07) is 11.8. The van der Waals surface area contributed by atoms with Gasteiger partial charge in [-0.15, -0.1) is 0 Å². The highest BCUT2D eigenvalue weighted by Crippen LogP contribution is 2.26. The summed E-state index contributed by atoms with van der Waals surface area (Å²) in [7, 11) is 1.47. The van der Waals surface area contributed by atoms with E-state index in [0.717, 1.165) is 5.69 Å². The van der Waals surface area contributed by atoms with E-state index < -0.39 is 11.9 Å². The summed E-state index contributed by atoms with van der Waals surface area (Å²) >= 11 is 0. The standard InChI is InChI=1S/C24H30N4O5/c1-16(2)25-22(29)15-27-10-12-28(13-11-27)17-8-9-20(19(14-17)24(31)32)26-23(30)18-6-4-5-7-21(18)33-3/h4-9,14,16H,10-13,15H2,1-3H3,(H,25,29)(H,26,30)(H,31,32). The van der Waals surface area contributed by atoms with E-state index in [1.807, 2.05) is 13.8 Å². The van der Waals surface area contributed by atoms with E-state index in [9.17, 15) is 19.5 Å². The van der Waals surface area contributed by atoms with Crippen LogP contribution in [0.1, 0.15) is 34.6 Å². The largest absolute Gasteiger partial charge is 0.496 e. The van der Waals surface area contributed by atoms with Gasteiger partial charge < -0.3 is 25.4 Å². The number of ether oxygens (including phenoxy) is 1. The lowest BCUT2D eigenvalue weighted by Crippen LogP contribution is -2.50. The molecular weight excluding hydrogens is 424 g/mol. The Kier molecular flexibility index (Phi) is 7.89. The van der Waals surface area contributed by atoms with E-state index >= 15 is 0 Å². The molecule has 9 heteroatoms. The van der Waals surface area contributed by atoms with Crippen molar-refractivity contribution in [3.8, 4) is 5.75 Å². The van der Waals surface area contributed by atoms with Crippen LogP contribution in [0.4, 0.5) is 11.4 Å². The van der Waals surface area contributed by atoms with Gasteiger partial charge in [0, 0.05) is 37.9 Å². The fourth-order valence-corrected chi connectivity index (χ4v) is 3.77. The number of carboxylic acids is 1. The third-order valence-corrected chi connectivity index (χ3v) is 5.39. The number of carbonyl (C=O) groups excluding carboxylic acids is 2. The van der Waals surface area contributed by atoms with Crippen LogP contribution >= 0.6 is 0 Å². The molecule has 33 heavy (non-hydrogen) atoms. The van der Waals surface area contributed by atoms with Crippen molar-refractivity contribution in [1.29, 1.82) is 0 Å². The third-order valence-electron chi connectivity index (χ3n) is 5.39. The number of carboxylic acid groups (broad SMARTS) is 1. The molecule has 9 nitrogen and oxygen atoms in total. The van der Waals surface area contributed by atoms with Gasteiger partial charge in [-0.3, -0.25) is 14.5 Å². The highest BCUT2D eigenvalue weighted by Gasteiger charge is 2.22. The van der Waals surface area contributed by atoms with Crippen LogP contribution in [-0.2, 0) is 4.79 Å². The van der Waals surface area contributed by atoms with Crippen LogP contribution in [0.25, 0.3) is 0 Å². The maximum absolute atomic E-state index is 12.7. The molecule has 3 rings (SSSR count). The van der Waals surface area contributed by atoms with Crippen molar-refractivity contribution in [3.63, 3.8) is 0 Å². The first-order valence-corrected chi connectivity index (χ1v) is 10.9. The number of para-hydroxylation sites is 1. The zero-order valence-electron chi connectivity index (χ0n) is 19.1. The molecule has 0 radical (unpaired) electrons. The molecule has 0 aromatic heterocycles. The van der Waals surface area contributed by atoms with E-state index in [1.165, 1.54) is 7.11 Å². The van der Waals surface area contributed by atoms with Gasteiger partial charge in [-0.1, -0.05) is 12.1 Å². The Hall–Kier alpha value is -3.59. The molecule has 3 N–H and O–H groups in total. The Bertz CT molecular complexity index is 1020. The minimum atomic E-state index is -1.13. The van der Waals surface area contributed by atoms with Gasteiger partial charge in [0.25, 0.3) is 5.91 Å². The van der Waals surface area contributed by atoms with Gasteiger partial charge >= 0.3 is 5.97 Å². The monoisotopic (exact) mass is 454 g/mol. The van der Waals surface area contributed by atoms with Gasteiger partial charge in [0.1, 0.15) is 5.75 Å². The van der Waals surface area contributed by atoms with E-state index in [0.29, 0.717) is 44.0 Å². The second kappa shape index (κ2) is 10.8. The first kappa shape index (κ1) is 24.1. The fraction of sp³-hybridized carbons (Fsp3) is 0.375. The maximum atomic E-state index is 12.7. The highest BCUT2D eigenvalue weighted by atomic mass is 16.5. The SMILES string of the molecule is COc1ccccc1C(=O)Nc1ccc(N2CCN(CC(=O)NC(C)C)CC2)cc1C(=O)O. The molecule has 0 spiro atoms. The third kappa shape index (κ3) is 6.23. The number of methoxy groups -OCH3 is 1. The topological polar surface area (TPSA) is 111 Å². The number of amides is 2. The average Bonchev–Trinajstić information content (AvgIpc) is 2.79. The van der Waals surface area contributed by atoms with Crippen molar-refractivity contribution in [2.75, 3.05) is 50.1 Å². The molecule has 2 amide bonds. The van der Waals surface area contributed by atoms with Gasteiger partial charge in [0.2, 0.25) is 5.91 Å². The van der Waals surface area contributed by atoms with Crippen molar-refractivity contribution in [2.45, 2.75) is 19.9 Å². The van der Waals surface area contributed by atoms with Gasteiger partial charge in [-0.25, -0.2) is 4.79 Å². The Morgan fingerprint density at radius 2 is 1.73 bits per heavy atom. The number of nitrogens with zero attached hydrogens (tertiary/aromatic N) is 2. The Labute approximate surface area is 193 Å². The Morgan fingerprint density at radius 3 is 2.36 bits per heavy atom. The molecule has 0 atom stereocenters. The zero-order valence-corrected chi connectivity index (χ0v) is 19.1. The van der Waals surface area contributed by atoms with Crippen LogP contribution in [0.15, 0.2) is 42.5 Å². The molecule has 0 bridgehead atoms. The molecule has 176 valence electrons. The lowest BCUT2D eigenvalue weighted by Gasteiger charge is -2.36. The average molecular weight is 455 g/mol. The number of anilines is 2. The lowest BCUT2D eigenvalue weighted by atomic mass is 10.1. The minimum absolute atomic E-state index is 0.00162. The number of nitrogens with one attached hydrogen (secondary N) is 2. The van der Waals surface area contributed by atoms with Crippen molar-refractivity contribution >= 4 is 29.2 Å². The number of hydrogen-bond donors (Lipinski definition) is 3. The molecule has 2 aromatic rings. The smallest absolute Gasteiger partial charge is 0.337 e. The first-order valence-electron chi connectivity index (χ1n) is 10.9. The van der Waals surface area contributed by atoms with Gasteiger partial charge in [-0.2, -0.15) is 0 Å². The van der Waals surface area contributed by atoms with E-state index in [1.54, 1.807) is 42.5 Å². The van der Waals surface area contributed by atoms with E-state index in [2.05, 4.69) is 20.4 Å². The van der Waals surface area contributed by atoms with E-state index in [4.69, 9.17) is 4.74 Å². The molecule has 2 aromatic carbocycles. The number of benzene rings is 2. The quantitative estimate of drug-likeness (QED) is 0.561.